The van der Waals surface area contributed by atoms with Crippen molar-refractivity contribution in [1.82, 2.24) is 14.9 Å². The van der Waals surface area contributed by atoms with Crippen LogP contribution in [0.3, 0.4) is 0 Å². The highest BCUT2D eigenvalue weighted by molar-refractivity contribution is 7.15. The molecule has 0 atom stereocenters. The van der Waals surface area contributed by atoms with Crippen molar-refractivity contribution in [3.8, 4) is 0 Å². The number of rotatable bonds is 3. The zero-order valence-corrected chi connectivity index (χ0v) is 12.1. The molecule has 1 aliphatic rings. The third-order valence-corrected chi connectivity index (χ3v) is 4.20. The molecule has 0 bridgehead atoms. The second-order valence-corrected chi connectivity index (χ2v) is 5.94. The van der Waals surface area contributed by atoms with Crippen LogP contribution in [-0.4, -0.2) is 27.3 Å². The van der Waals surface area contributed by atoms with Gasteiger partial charge in [0.1, 0.15) is 0 Å². The molecule has 1 aliphatic heterocycles. The van der Waals surface area contributed by atoms with Gasteiger partial charge in [0.15, 0.2) is 5.13 Å². The minimum Gasteiger partial charge on any atom is -0.302 e. The fourth-order valence-corrected chi connectivity index (χ4v) is 3.40. The molecule has 6 heteroatoms. The molecule has 20 heavy (non-hydrogen) atoms. The lowest BCUT2D eigenvalue weighted by Crippen LogP contribution is -2.29. The number of thiazole rings is 1. The van der Waals surface area contributed by atoms with Gasteiger partial charge < -0.3 is 5.32 Å². The number of amides is 1. The number of hydrogen-bond acceptors (Lipinski definition) is 5. The van der Waals surface area contributed by atoms with Crippen molar-refractivity contribution >= 4 is 22.4 Å². The quantitative estimate of drug-likeness (QED) is 0.939. The van der Waals surface area contributed by atoms with Crippen LogP contribution in [0, 0.1) is 0 Å². The number of pyridine rings is 1. The van der Waals surface area contributed by atoms with Crippen LogP contribution in [0.15, 0.2) is 24.4 Å². The summed E-state index contributed by atoms with van der Waals surface area (Å²) in [6.45, 7) is 4.22. The Morgan fingerprint density at radius 1 is 1.50 bits per heavy atom. The molecule has 5 nitrogen and oxygen atoms in total. The van der Waals surface area contributed by atoms with Crippen LogP contribution >= 0.6 is 11.3 Å². The SMILES string of the molecule is CC(=O)Nc1nc2c(s1)CN(Cc1ccccn1)CC2. The second kappa shape index (κ2) is 5.68. The van der Waals surface area contributed by atoms with Gasteiger partial charge in [0.05, 0.1) is 11.4 Å². The fourth-order valence-electron chi connectivity index (χ4n) is 2.31. The Morgan fingerprint density at radius 2 is 2.40 bits per heavy atom. The number of carbonyl (C=O) groups is 1. The van der Waals surface area contributed by atoms with E-state index in [1.165, 1.54) is 11.8 Å². The topological polar surface area (TPSA) is 58.1 Å². The van der Waals surface area contributed by atoms with Gasteiger partial charge in [-0.25, -0.2) is 4.98 Å². The number of nitrogens with one attached hydrogen (secondary N) is 1. The predicted octanol–water partition coefficient (Wildman–Crippen LogP) is 2.05. The predicted molar refractivity (Wildman–Crippen MR) is 78.5 cm³/mol. The number of fused-ring (bicyclic) bond motifs is 1. The minimum absolute atomic E-state index is 0.0681. The van der Waals surface area contributed by atoms with Crippen molar-refractivity contribution in [1.29, 1.82) is 0 Å². The summed E-state index contributed by atoms with van der Waals surface area (Å²) in [5.74, 6) is -0.0681. The molecule has 0 aromatic carbocycles. The van der Waals surface area contributed by atoms with Crippen molar-refractivity contribution in [2.24, 2.45) is 0 Å². The van der Waals surface area contributed by atoms with Crippen molar-refractivity contribution in [2.45, 2.75) is 26.4 Å². The Kier molecular flexibility index (Phi) is 3.75. The number of hydrogen-bond donors (Lipinski definition) is 1. The third-order valence-electron chi connectivity index (χ3n) is 3.21. The number of nitrogens with zero attached hydrogens (tertiary/aromatic N) is 3. The first kappa shape index (κ1) is 13.2. The highest BCUT2D eigenvalue weighted by Crippen LogP contribution is 2.28. The summed E-state index contributed by atoms with van der Waals surface area (Å²) < 4.78 is 0. The number of anilines is 1. The van der Waals surface area contributed by atoms with E-state index in [0.29, 0.717) is 5.13 Å². The monoisotopic (exact) mass is 288 g/mol. The average molecular weight is 288 g/mol. The zero-order chi connectivity index (χ0) is 13.9. The van der Waals surface area contributed by atoms with Gasteiger partial charge in [-0.2, -0.15) is 0 Å². The van der Waals surface area contributed by atoms with Gasteiger partial charge in [-0.1, -0.05) is 6.07 Å². The molecule has 0 fully saturated rings. The van der Waals surface area contributed by atoms with E-state index in [1.54, 1.807) is 11.3 Å². The molecule has 1 N–H and O–H groups in total. The molecule has 1 amide bonds. The average Bonchev–Trinajstić information content (AvgIpc) is 2.80. The molecule has 104 valence electrons. The largest absolute Gasteiger partial charge is 0.302 e. The maximum Gasteiger partial charge on any atom is 0.223 e. The third kappa shape index (κ3) is 3.02. The van der Waals surface area contributed by atoms with Crippen LogP contribution in [0.2, 0.25) is 0 Å². The summed E-state index contributed by atoms with van der Waals surface area (Å²) >= 11 is 1.57. The highest BCUT2D eigenvalue weighted by Gasteiger charge is 2.21. The number of aromatic nitrogens is 2. The van der Waals surface area contributed by atoms with Crippen LogP contribution in [0.1, 0.15) is 23.2 Å². The lowest BCUT2D eigenvalue weighted by atomic mass is 10.1. The molecule has 0 aliphatic carbocycles. The molecule has 3 heterocycles. The molecule has 0 saturated carbocycles. The van der Waals surface area contributed by atoms with E-state index < -0.39 is 0 Å². The summed E-state index contributed by atoms with van der Waals surface area (Å²) in [5, 5.41) is 3.47. The van der Waals surface area contributed by atoms with E-state index in [9.17, 15) is 4.79 Å². The molecular formula is C14H16N4OS. The lowest BCUT2D eigenvalue weighted by molar-refractivity contribution is -0.114. The normalized spacial score (nSPS) is 14.8. The van der Waals surface area contributed by atoms with Gasteiger partial charge in [0.2, 0.25) is 5.91 Å². The van der Waals surface area contributed by atoms with Crippen LogP contribution in [0.4, 0.5) is 5.13 Å². The van der Waals surface area contributed by atoms with Crippen LogP contribution < -0.4 is 5.32 Å². The first-order valence-electron chi connectivity index (χ1n) is 6.59. The van der Waals surface area contributed by atoms with E-state index in [-0.39, 0.29) is 5.91 Å². The first-order chi connectivity index (χ1) is 9.70. The summed E-state index contributed by atoms with van der Waals surface area (Å²) in [4.78, 5) is 23.5. The molecule has 0 unspecified atom stereocenters. The van der Waals surface area contributed by atoms with Gasteiger partial charge in [-0.15, -0.1) is 11.3 Å². The first-order valence-corrected chi connectivity index (χ1v) is 7.41. The van der Waals surface area contributed by atoms with E-state index >= 15 is 0 Å². The Bertz CT molecular complexity index is 611. The van der Waals surface area contributed by atoms with E-state index in [4.69, 9.17) is 0 Å². The van der Waals surface area contributed by atoms with Crippen molar-refractivity contribution in [3.63, 3.8) is 0 Å². The van der Waals surface area contributed by atoms with Crippen molar-refractivity contribution in [2.75, 3.05) is 11.9 Å². The minimum atomic E-state index is -0.0681. The molecule has 2 aromatic rings. The Balaban J connectivity index is 1.69. The Labute approximate surface area is 121 Å². The molecule has 3 rings (SSSR count). The Hall–Kier alpha value is -1.79. The zero-order valence-electron chi connectivity index (χ0n) is 11.3. The maximum atomic E-state index is 11.1. The number of carbonyl (C=O) groups excluding carboxylic acids is 1. The molecule has 0 spiro atoms. The standard InChI is InChI=1S/C14H16N4OS/c1-10(19)16-14-17-12-5-7-18(9-13(12)20-14)8-11-4-2-3-6-15-11/h2-4,6H,5,7-9H2,1H3,(H,16,17,19). The second-order valence-electron chi connectivity index (χ2n) is 4.85. The highest BCUT2D eigenvalue weighted by atomic mass is 32.1. The van der Waals surface area contributed by atoms with E-state index in [1.807, 2.05) is 24.4 Å². The van der Waals surface area contributed by atoms with Crippen LogP contribution in [-0.2, 0) is 24.3 Å². The smallest absolute Gasteiger partial charge is 0.223 e. The summed E-state index contributed by atoms with van der Waals surface area (Å²) in [5.41, 5.74) is 2.21. The molecule has 2 aromatic heterocycles. The molecular weight excluding hydrogens is 272 g/mol. The van der Waals surface area contributed by atoms with Crippen molar-refractivity contribution in [3.05, 3.63) is 40.7 Å². The fraction of sp³-hybridized carbons (Fsp3) is 0.357. The Morgan fingerprint density at radius 3 is 3.15 bits per heavy atom. The van der Waals surface area contributed by atoms with E-state index in [2.05, 4.69) is 20.2 Å². The molecule has 0 radical (unpaired) electrons. The van der Waals surface area contributed by atoms with Crippen molar-refractivity contribution < 1.29 is 4.79 Å². The van der Waals surface area contributed by atoms with Crippen LogP contribution in [0.25, 0.3) is 0 Å². The van der Waals surface area contributed by atoms with Gasteiger partial charge in [0, 0.05) is 44.1 Å². The molecule has 0 saturated heterocycles. The van der Waals surface area contributed by atoms with Gasteiger partial charge in [-0.05, 0) is 12.1 Å². The van der Waals surface area contributed by atoms with Gasteiger partial charge >= 0.3 is 0 Å². The summed E-state index contributed by atoms with van der Waals surface area (Å²) in [7, 11) is 0. The van der Waals surface area contributed by atoms with Crippen LogP contribution in [0.5, 0.6) is 0 Å². The van der Waals surface area contributed by atoms with Gasteiger partial charge in [-0.3, -0.25) is 14.7 Å². The summed E-state index contributed by atoms with van der Waals surface area (Å²) in [6.07, 6.45) is 2.75. The lowest BCUT2D eigenvalue weighted by Gasteiger charge is -2.25. The van der Waals surface area contributed by atoms with Gasteiger partial charge in [0.25, 0.3) is 0 Å². The maximum absolute atomic E-state index is 11.1. The van der Waals surface area contributed by atoms with E-state index in [0.717, 1.165) is 37.4 Å². The summed E-state index contributed by atoms with van der Waals surface area (Å²) in [6, 6.07) is 5.99.